The topological polar surface area (TPSA) is 35.8 Å². The number of halogens is 2. The first-order valence-corrected chi connectivity index (χ1v) is 6.19. The van der Waals surface area contributed by atoms with Gasteiger partial charge in [-0.2, -0.15) is 5.26 Å². The minimum absolute atomic E-state index is 0.0351. The number of nitriles is 1. The molecule has 1 N–H and O–H groups in total. The number of nitrogens with zero attached hydrogens (tertiary/aromatic N) is 1. The Bertz CT molecular complexity index is 617. The Kier molecular flexibility index (Phi) is 4.03. The van der Waals surface area contributed by atoms with Gasteiger partial charge in [0.2, 0.25) is 0 Å². The smallest absolute Gasteiger partial charge is 0.123 e. The van der Waals surface area contributed by atoms with E-state index in [0.29, 0.717) is 16.3 Å². The second-order valence-corrected chi connectivity index (χ2v) is 4.63. The minimum Gasteiger partial charge on any atom is -0.377 e. The summed E-state index contributed by atoms with van der Waals surface area (Å²) >= 11 is 6.08. The Balaban J connectivity index is 2.21. The molecule has 2 nitrogen and oxygen atoms in total. The summed E-state index contributed by atoms with van der Waals surface area (Å²) in [4.78, 5) is 0. The number of nitrogens with one attached hydrogen (secondary N) is 1. The molecule has 1 atom stereocenters. The van der Waals surface area contributed by atoms with Crippen molar-refractivity contribution >= 4 is 17.3 Å². The largest absolute Gasteiger partial charge is 0.377 e. The minimum atomic E-state index is -0.263. The highest BCUT2D eigenvalue weighted by Crippen LogP contribution is 2.27. The van der Waals surface area contributed by atoms with Crippen LogP contribution in [0.2, 0.25) is 5.02 Å². The fraction of sp³-hybridized carbons (Fsp3) is 0.133. The van der Waals surface area contributed by atoms with E-state index in [1.807, 2.05) is 6.92 Å². The van der Waals surface area contributed by atoms with Gasteiger partial charge in [-0.15, -0.1) is 0 Å². The van der Waals surface area contributed by atoms with Gasteiger partial charge in [-0.1, -0.05) is 23.7 Å². The van der Waals surface area contributed by atoms with Crippen LogP contribution < -0.4 is 5.32 Å². The van der Waals surface area contributed by atoms with Crippen molar-refractivity contribution in [3.05, 3.63) is 64.4 Å². The highest BCUT2D eigenvalue weighted by atomic mass is 35.5. The summed E-state index contributed by atoms with van der Waals surface area (Å²) in [6.45, 7) is 1.95. The monoisotopic (exact) mass is 274 g/mol. The molecule has 0 aliphatic carbocycles. The predicted molar refractivity (Wildman–Crippen MR) is 74.6 cm³/mol. The van der Waals surface area contributed by atoms with Crippen molar-refractivity contribution in [1.82, 2.24) is 0 Å². The van der Waals surface area contributed by atoms with Gasteiger partial charge in [-0.25, -0.2) is 4.39 Å². The number of rotatable bonds is 3. The quantitative estimate of drug-likeness (QED) is 0.893. The third-order valence-electron chi connectivity index (χ3n) is 2.84. The summed E-state index contributed by atoms with van der Waals surface area (Å²) in [5.74, 6) is -0.263. The van der Waals surface area contributed by atoms with Crippen molar-refractivity contribution in [3.63, 3.8) is 0 Å². The van der Waals surface area contributed by atoms with Gasteiger partial charge < -0.3 is 5.32 Å². The van der Waals surface area contributed by atoms with E-state index in [9.17, 15) is 4.39 Å². The van der Waals surface area contributed by atoms with Crippen LogP contribution >= 0.6 is 11.6 Å². The van der Waals surface area contributed by atoms with Crippen molar-refractivity contribution < 1.29 is 4.39 Å². The predicted octanol–water partition coefficient (Wildman–Crippen LogP) is 4.52. The van der Waals surface area contributed by atoms with Crippen molar-refractivity contribution in [2.75, 3.05) is 5.32 Å². The SMILES string of the molecule is CC(Nc1cc(C#N)ccc1Cl)c1ccc(F)cc1. The summed E-state index contributed by atoms with van der Waals surface area (Å²) in [5.41, 5.74) is 2.18. The van der Waals surface area contributed by atoms with Crippen molar-refractivity contribution in [2.45, 2.75) is 13.0 Å². The molecule has 0 saturated carbocycles. The maximum Gasteiger partial charge on any atom is 0.123 e. The van der Waals surface area contributed by atoms with Gasteiger partial charge in [0.05, 0.1) is 22.3 Å². The Morgan fingerprint density at radius 1 is 1.21 bits per heavy atom. The molecule has 0 aliphatic rings. The van der Waals surface area contributed by atoms with Gasteiger partial charge in [0.1, 0.15) is 5.82 Å². The Labute approximate surface area is 116 Å². The maximum atomic E-state index is 12.9. The molecule has 96 valence electrons. The van der Waals surface area contributed by atoms with E-state index >= 15 is 0 Å². The van der Waals surface area contributed by atoms with Crippen LogP contribution in [0.5, 0.6) is 0 Å². The van der Waals surface area contributed by atoms with Crippen LogP contribution in [0.1, 0.15) is 24.1 Å². The van der Waals surface area contributed by atoms with Crippen molar-refractivity contribution in [2.24, 2.45) is 0 Å². The number of benzene rings is 2. The lowest BCUT2D eigenvalue weighted by atomic mass is 10.1. The van der Waals surface area contributed by atoms with Crippen LogP contribution in [-0.4, -0.2) is 0 Å². The zero-order chi connectivity index (χ0) is 13.8. The first kappa shape index (κ1) is 13.4. The molecule has 2 aromatic rings. The molecule has 0 aliphatic heterocycles. The lowest BCUT2D eigenvalue weighted by molar-refractivity contribution is 0.626. The summed E-state index contributed by atoms with van der Waals surface area (Å²) in [7, 11) is 0. The van der Waals surface area contributed by atoms with Gasteiger partial charge >= 0.3 is 0 Å². The molecule has 0 bridgehead atoms. The van der Waals surface area contributed by atoms with E-state index in [-0.39, 0.29) is 11.9 Å². The van der Waals surface area contributed by atoms with E-state index in [2.05, 4.69) is 11.4 Å². The standard InChI is InChI=1S/C15H12ClFN2/c1-10(12-3-5-13(17)6-4-12)19-15-8-11(9-18)2-7-14(15)16/h2-8,10,19H,1H3. The molecule has 0 amide bonds. The van der Waals surface area contributed by atoms with Crippen molar-refractivity contribution in [3.8, 4) is 6.07 Å². The zero-order valence-electron chi connectivity index (χ0n) is 10.3. The Hall–Kier alpha value is -2.05. The van der Waals surface area contributed by atoms with Crippen LogP contribution in [-0.2, 0) is 0 Å². The molecule has 0 fully saturated rings. The summed E-state index contributed by atoms with van der Waals surface area (Å²) < 4.78 is 12.9. The summed E-state index contributed by atoms with van der Waals surface area (Å²) in [6.07, 6.45) is 0. The Morgan fingerprint density at radius 3 is 2.53 bits per heavy atom. The van der Waals surface area contributed by atoms with Crippen molar-refractivity contribution in [1.29, 1.82) is 5.26 Å². The highest BCUT2D eigenvalue weighted by Gasteiger charge is 2.08. The maximum absolute atomic E-state index is 12.9. The molecule has 0 spiro atoms. The lowest BCUT2D eigenvalue weighted by Gasteiger charge is -2.17. The van der Waals surface area contributed by atoms with Crippen LogP contribution in [0.3, 0.4) is 0 Å². The average molecular weight is 275 g/mol. The second-order valence-electron chi connectivity index (χ2n) is 4.22. The van der Waals surface area contributed by atoms with Gasteiger partial charge in [0.15, 0.2) is 0 Å². The molecule has 4 heteroatoms. The molecule has 19 heavy (non-hydrogen) atoms. The Morgan fingerprint density at radius 2 is 1.89 bits per heavy atom. The normalized spacial score (nSPS) is 11.7. The molecule has 0 heterocycles. The van der Waals surface area contributed by atoms with E-state index < -0.39 is 0 Å². The summed E-state index contributed by atoms with van der Waals surface area (Å²) in [5, 5.41) is 12.6. The third-order valence-corrected chi connectivity index (χ3v) is 3.17. The van der Waals surface area contributed by atoms with Gasteiger partial charge in [-0.05, 0) is 42.8 Å². The van der Waals surface area contributed by atoms with Gasteiger partial charge in [0.25, 0.3) is 0 Å². The molecule has 1 unspecified atom stereocenters. The first-order valence-electron chi connectivity index (χ1n) is 5.82. The van der Waals surface area contributed by atoms with Crippen LogP contribution in [0.15, 0.2) is 42.5 Å². The van der Waals surface area contributed by atoms with E-state index in [1.54, 1.807) is 30.3 Å². The van der Waals surface area contributed by atoms with E-state index in [0.717, 1.165) is 5.56 Å². The third kappa shape index (κ3) is 3.24. The fourth-order valence-electron chi connectivity index (χ4n) is 1.77. The van der Waals surface area contributed by atoms with Crippen LogP contribution in [0, 0.1) is 17.1 Å². The lowest BCUT2D eigenvalue weighted by Crippen LogP contribution is -2.07. The average Bonchev–Trinajstić information content (AvgIpc) is 2.42. The molecule has 2 rings (SSSR count). The summed E-state index contributed by atoms with van der Waals surface area (Å²) in [6, 6.07) is 13.3. The second kappa shape index (κ2) is 5.73. The molecule has 0 radical (unpaired) electrons. The molecular weight excluding hydrogens is 263 g/mol. The molecule has 0 saturated heterocycles. The molecular formula is C15H12ClFN2. The van der Waals surface area contributed by atoms with Gasteiger partial charge in [0, 0.05) is 6.04 Å². The zero-order valence-corrected chi connectivity index (χ0v) is 11.1. The molecule has 2 aromatic carbocycles. The van der Waals surface area contributed by atoms with E-state index in [4.69, 9.17) is 16.9 Å². The number of hydrogen-bond acceptors (Lipinski definition) is 2. The molecule has 0 aromatic heterocycles. The van der Waals surface area contributed by atoms with Crippen LogP contribution in [0.25, 0.3) is 0 Å². The highest BCUT2D eigenvalue weighted by molar-refractivity contribution is 6.33. The fourth-order valence-corrected chi connectivity index (χ4v) is 1.95. The number of hydrogen-bond donors (Lipinski definition) is 1. The first-order chi connectivity index (χ1) is 9.10. The van der Waals surface area contributed by atoms with Crippen LogP contribution in [0.4, 0.5) is 10.1 Å². The number of anilines is 1. The van der Waals surface area contributed by atoms with E-state index in [1.165, 1.54) is 12.1 Å². The van der Waals surface area contributed by atoms with Gasteiger partial charge in [-0.3, -0.25) is 0 Å².